The van der Waals surface area contributed by atoms with Gasteiger partial charge in [-0.05, 0) is 48.9 Å². The van der Waals surface area contributed by atoms with Crippen molar-refractivity contribution < 1.29 is 19.0 Å². The summed E-state index contributed by atoms with van der Waals surface area (Å²) in [6, 6.07) is 14.9. The van der Waals surface area contributed by atoms with E-state index < -0.39 is 0 Å². The quantitative estimate of drug-likeness (QED) is 0.746. The van der Waals surface area contributed by atoms with E-state index in [0.29, 0.717) is 18.8 Å². The van der Waals surface area contributed by atoms with Gasteiger partial charge in [-0.2, -0.15) is 0 Å². The van der Waals surface area contributed by atoms with Crippen molar-refractivity contribution in [2.24, 2.45) is 0 Å². The lowest BCUT2D eigenvalue weighted by Crippen LogP contribution is -2.34. The van der Waals surface area contributed by atoms with Crippen molar-refractivity contribution in [1.82, 2.24) is 4.90 Å². The maximum absolute atomic E-state index is 12.3. The fourth-order valence-electron chi connectivity index (χ4n) is 2.24. The summed E-state index contributed by atoms with van der Waals surface area (Å²) in [7, 11) is 3.24. The van der Waals surface area contributed by atoms with Crippen LogP contribution in [0.1, 0.15) is 12.5 Å². The van der Waals surface area contributed by atoms with E-state index >= 15 is 0 Å². The minimum atomic E-state index is -0.0517. The molecule has 0 heterocycles. The second kappa shape index (κ2) is 8.82. The summed E-state index contributed by atoms with van der Waals surface area (Å²) in [6.07, 6.45) is 0. The smallest absolute Gasteiger partial charge is 0.260 e. The van der Waals surface area contributed by atoms with Gasteiger partial charge in [0.1, 0.15) is 17.2 Å². The average molecular weight is 329 g/mol. The first-order chi connectivity index (χ1) is 11.7. The Labute approximate surface area is 142 Å². The van der Waals surface area contributed by atoms with Crippen molar-refractivity contribution in [1.29, 1.82) is 0 Å². The third-order valence-corrected chi connectivity index (χ3v) is 3.69. The van der Waals surface area contributed by atoms with E-state index in [1.54, 1.807) is 43.4 Å². The summed E-state index contributed by atoms with van der Waals surface area (Å²) in [4.78, 5) is 14.1. The number of benzene rings is 2. The molecule has 5 heteroatoms. The third-order valence-electron chi connectivity index (χ3n) is 3.69. The number of rotatable bonds is 8. The van der Waals surface area contributed by atoms with Crippen molar-refractivity contribution >= 4 is 5.91 Å². The molecule has 2 aromatic rings. The van der Waals surface area contributed by atoms with E-state index in [9.17, 15) is 4.79 Å². The SMILES string of the molecule is CCN(Cc1ccc(OC)cc1)C(=O)COc1ccc(OC)cc1. The lowest BCUT2D eigenvalue weighted by molar-refractivity contribution is -0.133. The van der Waals surface area contributed by atoms with Crippen molar-refractivity contribution in [3.05, 3.63) is 54.1 Å². The number of amides is 1. The van der Waals surface area contributed by atoms with Gasteiger partial charge in [0.25, 0.3) is 5.91 Å². The maximum Gasteiger partial charge on any atom is 0.260 e. The number of ether oxygens (including phenoxy) is 3. The largest absolute Gasteiger partial charge is 0.497 e. The Bertz CT molecular complexity index is 637. The predicted octanol–water partition coefficient (Wildman–Crippen LogP) is 3.13. The van der Waals surface area contributed by atoms with Gasteiger partial charge < -0.3 is 19.1 Å². The standard InChI is InChI=1S/C19H23NO4/c1-4-20(13-15-5-7-16(22-2)8-6-15)19(21)14-24-18-11-9-17(23-3)10-12-18/h5-12H,4,13-14H2,1-3H3. The van der Waals surface area contributed by atoms with Crippen LogP contribution in [0.15, 0.2) is 48.5 Å². The zero-order valence-electron chi connectivity index (χ0n) is 14.3. The highest BCUT2D eigenvalue weighted by molar-refractivity contribution is 5.77. The van der Waals surface area contributed by atoms with E-state index in [1.807, 2.05) is 31.2 Å². The van der Waals surface area contributed by atoms with E-state index in [2.05, 4.69) is 0 Å². The molecule has 0 aliphatic heterocycles. The summed E-state index contributed by atoms with van der Waals surface area (Å²) in [5, 5.41) is 0. The number of carbonyl (C=O) groups is 1. The molecule has 0 fully saturated rings. The molecular weight excluding hydrogens is 306 g/mol. The summed E-state index contributed by atoms with van der Waals surface area (Å²) >= 11 is 0. The molecule has 2 aromatic carbocycles. The number of likely N-dealkylation sites (N-methyl/N-ethyl adjacent to an activating group) is 1. The van der Waals surface area contributed by atoms with Crippen molar-refractivity contribution in [2.75, 3.05) is 27.4 Å². The van der Waals surface area contributed by atoms with Crippen LogP contribution in [0.5, 0.6) is 17.2 Å². The average Bonchev–Trinajstić information content (AvgIpc) is 2.65. The molecule has 0 saturated carbocycles. The van der Waals surface area contributed by atoms with Crippen LogP contribution in [0, 0.1) is 0 Å². The monoisotopic (exact) mass is 329 g/mol. The molecule has 0 spiro atoms. The molecule has 0 N–H and O–H groups in total. The molecule has 0 bridgehead atoms. The van der Waals surface area contributed by atoms with E-state index in [1.165, 1.54) is 0 Å². The van der Waals surface area contributed by atoms with Gasteiger partial charge in [-0.1, -0.05) is 12.1 Å². The summed E-state index contributed by atoms with van der Waals surface area (Å²) in [5.41, 5.74) is 1.05. The van der Waals surface area contributed by atoms with Gasteiger partial charge in [-0.3, -0.25) is 4.79 Å². The van der Waals surface area contributed by atoms with Gasteiger partial charge in [-0.15, -0.1) is 0 Å². The van der Waals surface area contributed by atoms with Gasteiger partial charge in [0.15, 0.2) is 6.61 Å². The van der Waals surface area contributed by atoms with Gasteiger partial charge in [0.2, 0.25) is 0 Å². The Morgan fingerprint density at radius 3 is 1.88 bits per heavy atom. The van der Waals surface area contributed by atoms with Crippen molar-refractivity contribution in [3.63, 3.8) is 0 Å². The number of hydrogen-bond acceptors (Lipinski definition) is 4. The molecule has 0 aromatic heterocycles. The number of hydrogen-bond donors (Lipinski definition) is 0. The second-order valence-electron chi connectivity index (χ2n) is 5.22. The van der Waals surface area contributed by atoms with Crippen LogP contribution in [-0.4, -0.2) is 38.2 Å². The first-order valence-electron chi connectivity index (χ1n) is 7.83. The Hall–Kier alpha value is -2.69. The zero-order chi connectivity index (χ0) is 17.4. The molecule has 128 valence electrons. The number of nitrogens with zero attached hydrogens (tertiary/aromatic N) is 1. The molecule has 0 atom stereocenters. The first kappa shape index (κ1) is 17.7. The van der Waals surface area contributed by atoms with Crippen molar-refractivity contribution in [2.45, 2.75) is 13.5 Å². The fourth-order valence-corrected chi connectivity index (χ4v) is 2.24. The topological polar surface area (TPSA) is 48.0 Å². The van der Waals surface area contributed by atoms with Crippen LogP contribution < -0.4 is 14.2 Å². The van der Waals surface area contributed by atoms with Gasteiger partial charge in [-0.25, -0.2) is 0 Å². The van der Waals surface area contributed by atoms with Crippen molar-refractivity contribution in [3.8, 4) is 17.2 Å². The van der Waals surface area contributed by atoms with Crippen LogP contribution in [0.4, 0.5) is 0 Å². The molecule has 0 saturated heterocycles. The van der Waals surface area contributed by atoms with Crippen LogP contribution >= 0.6 is 0 Å². The predicted molar refractivity (Wildman–Crippen MR) is 92.6 cm³/mol. The molecule has 5 nitrogen and oxygen atoms in total. The molecule has 0 aliphatic rings. The first-order valence-corrected chi connectivity index (χ1v) is 7.83. The Morgan fingerprint density at radius 1 is 0.875 bits per heavy atom. The fraction of sp³-hybridized carbons (Fsp3) is 0.316. The molecule has 0 unspecified atom stereocenters. The minimum absolute atomic E-state index is 0.0102. The molecule has 1 amide bonds. The Balaban J connectivity index is 1.89. The van der Waals surface area contributed by atoms with E-state index in [0.717, 1.165) is 17.1 Å². The zero-order valence-corrected chi connectivity index (χ0v) is 14.3. The van der Waals surface area contributed by atoms with Gasteiger partial charge in [0, 0.05) is 13.1 Å². The molecular formula is C19H23NO4. The number of carbonyl (C=O) groups excluding carboxylic acids is 1. The summed E-state index contributed by atoms with van der Waals surface area (Å²) in [5.74, 6) is 2.15. The Kier molecular flexibility index (Phi) is 6.49. The highest BCUT2D eigenvalue weighted by Gasteiger charge is 2.13. The van der Waals surface area contributed by atoms with E-state index in [-0.39, 0.29) is 12.5 Å². The van der Waals surface area contributed by atoms with Crippen LogP contribution in [-0.2, 0) is 11.3 Å². The van der Waals surface area contributed by atoms with Crippen LogP contribution in [0.25, 0.3) is 0 Å². The number of methoxy groups -OCH3 is 2. The normalized spacial score (nSPS) is 10.1. The maximum atomic E-state index is 12.3. The van der Waals surface area contributed by atoms with Crippen LogP contribution in [0.3, 0.4) is 0 Å². The molecule has 2 rings (SSSR count). The summed E-state index contributed by atoms with van der Waals surface area (Å²) < 4.78 is 15.8. The molecule has 0 aliphatic carbocycles. The third kappa shape index (κ3) is 4.91. The molecule has 0 radical (unpaired) electrons. The van der Waals surface area contributed by atoms with Gasteiger partial charge in [0.05, 0.1) is 14.2 Å². The minimum Gasteiger partial charge on any atom is -0.497 e. The lowest BCUT2D eigenvalue weighted by Gasteiger charge is -2.21. The second-order valence-corrected chi connectivity index (χ2v) is 5.22. The highest BCUT2D eigenvalue weighted by atomic mass is 16.5. The summed E-state index contributed by atoms with van der Waals surface area (Å²) in [6.45, 7) is 3.13. The van der Waals surface area contributed by atoms with Crippen LogP contribution in [0.2, 0.25) is 0 Å². The van der Waals surface area contributed by atoms with E-state index in [4.69, 9.17) is 14.2 Å². The highest BCUT2D eigenvalue weighted by Crippen LogP contribution is 2.17. The van der Waals surface area contributed by atoms with Gasteiger partial charge >= 0.3 is 0 Å². The Morgan fingerprint density at radius 2 is 1.38 bits per heavy atom. The molecule has 24 heavy (non-hydrogen) atoms. The lowest BCUT2D eigenvalue weighted by atomic mass is 10.2.